The first kappa shape index (κ1) is 51.9. The van der Waals surface area contributed by atoms with Crippen molar-refractivity contribution in [3.63, 3.8) is 0 Å². The first-order valence-electron chi connectivity index (χ1n) is 21.8. The third-order valence-corrected chi connectivity index (χ3v) is 10.7. The van der Waals surface area contributed by atoms with Crippen LogP contribution in [-0.4, -0.2) is 121 Å². The van der Waals surface area contributed by atoms with Crippen molar-refractivity contribution in [2.45, 2.75) is 174 Å². The Morgan fingerprint density at radius 1 is 0.951 bits per heavy atom. The summed E-state index contributed by atoms with van der Waals surface area (Å²) in [6.45, 7) is 11.5. The van der Waals surface area contributed by atoms with Gasteiger partial charge in [0.05, 0.1) is 51.0 Å². The number of carbonyl (C=O) groups excluding carboxylic acids is 4. The molecule has 0 radical (unpaired) electrons. The van der Waals surface area contributed by atoms with Crippen molar-refractivity contribution in [1.82, 2.24) is 0 Å². The van der Waals surface area contributed by atoms with Crippen LogP contribution in [-0.2, 0) is 57.1 Å². The van der Waals surface area contributed by atoms with E-state index < -0.39 is 84.6 Å². The molecule has 0 aromatic carbocycles. The third kappa shape index (κ3) is 18.4. The Kier molecular flexibility index (Phi) is 21.8. The van der Waals surface area contributed by atoms with E-state index in [1.807, 2.05) is 18.2 Å². The SMILES string of the molecule is CCCCCCCC(=O)O[C@H]1/C(=C/C(=O)OC)CC2C[C@H](CO)OC(=O)C[C@H](O)CCOCC[C@@H]3C[C@H](CC(=O)OC/C=C/C=C/C(C)(C)C)O[C@H](/C=C/C(C)(C)[C@]1(O)O2)O3. The Hall–Kier alpha value is -3.44. The molecule has 3 heterocycles. The topological polar surface area (TPSA) is 203 Å². The lowest BCUT2D eigenvalue weighted by Crippen LogP contribution is -2.62. The van der Waals surface area contributed by atoms with Crippen molar-refractivity contribution >= 4 is 23.9 Å². The Morgan fingerprint density at radius 2 is 1.67 bits per heavy atom. The minimum Gasteiger partial charge on any atom is -0.466 e. The van der Waals surface area contributed by atoms with Crippen LogP contribution in [0.3, 0.4) is 0 Å². The fourth-order valence-corrected chi connectivity index (χ4v) is 7.21. The number of methoxy groups -OCH3 is 1. The van der Waals surface area contributed by atoms with Gasteiger partial charge in [-0.05, 0) is 48.8 Å². The van der Waals surface area contributed by atoms with Crippen molar-refractivity contribution < 1.29 is 72.4 Å². The molecule has 3 aliphatic heterocycles. The Balaban J connectivity index is 1.98. The monoisotopic (exact) mass is 864 g/mol. The fraction of sp³-hybridized carbons (Fsp3) is 0.739. The van der Waals surface area contributed by atoms with E-state index >= 15 is 0 Å². The van der Waals surface area contributed by atoms with Gasteiger partial charge in [0.2, 0.25) is 5.79 Å². The van der Waals surface area contributed by atoms with Crippen molar-refractivity contribution in [3.05, 3.63) is 48.1 Å². The highest BCUT2D eigenvalue weighted by atomic mass is 16.7. The number of unbranched alkanes of at least 4 members (excludes halogenated alkanes) is 4. The molecule has 0 spiro atoms. The fourth-order valence-electron chi connectivity index (χ4n) is 7.21. The van der Waals surface area contributed by atoms with E-state index in [2.05, 4.69) is 27.7 Å². The maximum atomic E-state index is 13.4. The first-order valence-corrected chi connectivity index (χ1v) is 21.8. The number of esters is 4. The highest BCUT2D eigenvalue weighted by Crippen LogP contribution is 2.47. The molecule has 0 saturated carbocycles. The van der Waals surface area contributed by atoms with Gasteiger partial charge < -0.3 is 53.2 Å². The van der Waals surface area contributed by atoms with Crippen molar-refractivity contribution in [2.75, 3.05) is 33.5 Å². The molecular weight excluding hydrogens is 792 g/mol. The standard InChI is InChI=1S/C46H72O15/c1-8-9-10-11-13-16-38(49)60-43-32(26-39(50)54-7)25-36-29-37(31-47)57-41(52)27-33(48)18-23-55-24-19-34-28-35(30-40(51)56-22-15-12-14-20-44(2,3)4)59-42(58-34)17-21-45(5,6)46(43,53)61-36/h12,14-15,17,20-21,26,33-37,42-43,47-48,53H,8-11,13,16,18-19,22-25,27-31H2,1-7H3/b15-12+,20-14+,21-17+,32-26+/t33-,34-,35-,36?,37-,42-,43+,46-/m1/s1. The van der Waals surface area contributed by atoms with Crippen molar-refractivity contribution in [1.29, 1.82) is 0 Å². The van der Waals surface area contributed by atoms with Crippen LogP contribution in [0.4, 0.5) is 0 Å². The van der Waals surface area contributed by atoms with Gasteiger partial charge in [-0.25, -0.2) is 4.79 Å². The first-order chi connectivity index (χ1) is 28.9. The summed E-state index contributed by atoms with van der Waals surface area (Å²) in [5.74, 6) is -4.93. The molecule has 15 heteroatoms. The molecule has 346 valence electrons. The van der Waals surface area contributed by atoms with E-state index in [-0.39, 0.29) is 69.3 Å². The summed E-state index contributed by atoms with van der Waals surface area (Å²) in [6.07, 6.45) is 9.95. The average Bonchev–Trinajstić information content (AvgIpc) is 3.18. The largest absolute Gasteiger partial charge is 0.466 e. The lowest BCUT2D eigenvalue weighted by Gasteiger charge is -2.51. The molecule has 15 nitrogen and oxygen atoms in total. The summed E-state index contributed by atoms with van der Waals surface area (Å²) in [4.78, 5) is 52.0. The number of carbonyl (C=O) groups is 4. The molecule has 3 rings (SSSR count). The van der Waals surface area contributed by atoms with Crippen LogP contribution in [0.1, 0.15) is 125 Å². The molecule has 61 heavy (non-hydrogen) atoms. The minimum atomic E-state index is -2.36. The molecule has 2 fully saturated rings. The van der Waals surface area contributed by atoms with Crippen LogP contribution < -0.4 is 0 Å². The van der Waals surface area contributed by atoms with Gasteiger partial charge in [0, 0.05) is 44.0 Å². The van der Waals surface area contributed by atoms with Crippen LogP contribution in [0.25, 0.3) is 0 Å². The lowest BCUT2D eigenvalue weighted by atomic mass is 9.74. The van der Waals surface area contributed by atoms with Gasteiger partial charge in [-0.3, -0.25) is 14.4 Å². The number of cyclic esters (lactones) is 1. The summed E-state index contributed by atoms with van der Waals surface area (Å²) in [5, 5.41) is 33.6. The number of aliphatic hydroxyl groups excluding tert-OH is 2. The molecule has 3 N–H and O–H groups in total. The number of ether oxygens (including phenoxy) is 8. The molecule has 1 unspecified atom stereocenters. The van der Waals surface area contributed by atoms with E-state index in [9.17, 15) is 34.5 Å². The van der Waals surface area contributed by atoms with Crippen LogP contribution in [0.15, 0.2) is 48.1 Å². The molecular formula is C46H72O15. The van der Waals surface area contributed by atoms with Crippen LogP contribution in [0.5, 0.6) is 0 Å². The summed E-state index contributed by atoms with van der Waals surface area (Å²) in [6, 6.07) is 0. The Bertz CT molecular complexity index is 1510. The Labute approximate surface area is 361 Å². The Morgan fingerprint density at radius 3 is 2.38 bits per heavy atom. The van der Waals surface area contributed by atoms with E-state index in [1.165, 1.54) is 7.11 Å². The second-order valence-electron chi connectivity index (χ2n) is 17.7. The smallest absolute Gasteiger partial charge is 0.330 e. The second-order valence-corrected chi connectivity index (χ2v) is 17.7. The minimum absolute atomic E-state index is 0.0209. The number of hydrogen-bond acceptors (Lipinski definition) is 15. The molecule has 0 aliphatic carbocycles. The summed E-state index contributed by atoms with van der Waals surface area (Å²) in [5.41, 5.74) is -1.21. The highest BCUT2D eigenvalue weighted by molar-refractivity contribution is 5.83. The number of aliphatic hydroxyl groups is 3. The number of fused-ring (bicyclic) bond motifs is 4. The van der Waals surface area contributed by atoms with Gasteiger partial charge in [-0.15, -0.1) is 0 Å². The zero-order chi connectivity index (χ0) is 45.1. The normalized spacial score (nSPS) is 30.7. The lowest BCUT2D eigenvalue weighted by molar-refractivity contribution is -0.327. The van der Waals surface area contributed by atoms with Gasteiger partial charge in [0.15, 0.2) is 12.4 Å². The van der Waals surface area contributed by atoms with Crippen LogP contribution >= 0.6 is 0 Å². The highest BCUT2D eigenvalue weighted by Gasteiger charge is 2.57. The number of rotatable bonds is 14. The molecule has 8 atom stereocenters. The second kappa shape index (κ2) is 25.6. The predicted molar refractivity (Wildman–Crippen MR) is 224 cm³/mol. The molecule has 0 amide bonds. The van der Waals surface area contributed by atoms with Gasteiger partial charge in [0.25, 0.3) is 0 Å². The maximum absolute atomic E-state index is 13.4. The summed E-state index contributed by atoms with van der Waals surface area (Å²) >= 11 is 0. The van der Waals surface area contributed by atoms with Gasteiger partial charge in [-0.1, -0.05) is 91.5 Å². The molecule has 2 saturated heterocycles. The zero-order valence-electron chi connectivity index (χ0n) is 37.3. The third-order valence-electron chi connectivity index (χ3n) is 10.7. The van der Waals surface area contributed by atoms with Gasteiger partial charge in [-0.2, -0.15) is 0 Å². The van der Waals surface area contributed by atoms with Crippen LogP contribution in [0.2, 0.25) is 0 Å². The molecule has 4 bridgehead atoms. The molecule has 0 aromatic heterocycles. The summed E-state index contributed by atoms with van der Waals surface area (Å²) < 4.78 is 46.7. The number of hydrogen-bond donors (Lipinski definition) is 3. The zero-order valence-corrected chi connectivity index (χ0v) is 37.3. The predicted octanol–water partition coefficient (Wildman–Crippen LogP) is 5.87. The van der Waals surface area contributed by atoms with Crippen molar-refractivity contribution in [2.24, 2.45) is 10.8 Å². The van der Waals surface area contributed by atoms with Crippen molar-refractivity contribution in [3.8, 4) is 0 Å². The van der Waals surface area contributed by atoms with E-state index in [0.29, 0.717) is 19.3 Å². The summed E-state index contributed by atoms with van der Waals surface area (Å²) in [7, 11) is 1.20. The van der Waals surface area contributed by atoms with E-state index in [0.717, 1.165) is 31.8 Å². The van der Waals surface area contributed by atoms with E-state index in [1.54, 1.807) is 32.1 Å². The van der Waals surface area contributed by atoms with Crippen LogP contribution in [0, 0.1) is 10.8 Å². The van der Waals surface area contributed by atoms with E-state index in [4.69, 9.17) is 37.9 Å². The maximum Gasteiger partial charge on any atom is 0.330 e. The van der Waals surface area contributed by atoms with Gasteiger partial charge in [0.1, 0.15) is 12.7 Å². The number of allylic oxidation sites excluding steroid dienone is 3. The quantitative estimate of drug-likeness (QED) is 0.0467. The van der Waals surface area contributed by atoms with Gasteiger partial charge >= 0.3 is 23.9 Å². The molecule has 3 aliphatic rings. The average molecular weight is 865 g/mol. The molecule has 0 aromatic rings.